The molecule has 0 aliphatic heterocycles. The average molecular weight is 374 g/mol. The van der Waals surface area contributed by atoms with Crippen molar-refractivity contribution in [3.8, 4) is 0 Å². The largest absolute Gasteiger partial charge is 0.351 e. The van der Waals surface area contributed by atoms with E-state index in [0.29, 0.717) is 12.1 Å². The van der Waals surface area contributed by atoms with Crippen LogP contribution in [0.1, 0.15) is 29.8 Å². The van der Waals surface area contributed by atoms with Crippen molar-refractivity contribution in [3.63, 3.8) is 0 Å². The topological polar surface area (TPSA) is 49.4 Å². The molecule has 2 aromatic carbocycles. The maximum Gasteiger partial charge on any atom is 0.253 e. The van der Waals surface area contributed by atoms with Gasteiger partial charge in [-0.25, -0.2) is 4.39 Å². The van der Waals surface area contributed by atoms with Crippen molar-refractivity contribution >= 4 is 23.6 Å². The lowest BCUT2D eigenvalue weighted by molar-refractivity contribution is -0.118. The minimum atomic E-state index is -0.291. The van der Waals surface area contributed by atoms with Crippen molar-refractivity contribution in [2.24, 2.45) is 0 Å². The van der Waals surface area contributed by atoms with Crippen molar-refractivity contribution in [2.45, 2.75) is 31.3 Å². The van der Waals surface area contributed by atoms with E-state index in [1.807, 2.05) is 26.0 Å². The fourth-order valence-electron chi connectivity index (χ4n) is 2.13. The smallest absolute Gasteiger partial charge is 0.253 e. The van der Waals surface area contributed by atoms with Crippen LogP contribution >= 0.6 is 11.8 Å². The summed E-state index contributed by atoms with van der Waals surface area (Å²) in [4.78, 5) is 26.7. The molecular formula is C20H23FN2O2S. The van der Waals surface area contributed by atoms with E-state index in [9.17, 15) is 14.0 Å². The molecule has 2 aromatic rings. The minimum Gasteiger partial charge on any atom is -0.351 e. The summed E-state index contributed by atoms with van der Waals surface area (Å²) >= 11 is 1.36. The second-order valence-corrected chi connectivity index (χ2v) is 7.27. The highest BCUT2D eigenvalue weighted by Gasteiger charge is 2.14. The minimum absolute atomic E-state index is 0.0220. The third-order valence-electron chi connectivity index (χ3n) is 3.97. The van der Waals surface area contributed by atoms with Gasteiger partial charge in [0.25, 0.3) is 5.91 Å². The summed E-state index contributed by atoms with van der Waals surface area (Å²) in [6.45, 7) is 4.33. The predicted octanol–water partition coefficient (Wildman–Crippen LogP) is 3.71. The zero-order chi connectivity index (χ0) is 19.1. The molecule has 1 N–H and O–H groups in total. The normalized spacial score (nSPS) is 10.7. The highest BCUT2D eigenvalue weighted by atomic mass is 32.2. The number of hydrogen-bond donors (Lipinski definition) is 1. The molecule has 0 saturated heterocycles. The van der Waals surface area contributed by atoms with Crippen LogP contribution in [0, 0.1) is 5.82 Å². The number of nitrogens with one attached hydrogen (secondary N) is 1. The molecule has 0 heterocycles. The van der Waals surface area contributed by atoms with E-state index in [-0.39, 0.29) is 29.4 Å². The van der Waals surface area contributed by atoms with Gasteiger partial charge in [-0.15, -0.1) is 11.8 Å². The van der Waals surface area contributed by atoms with E-state index in [0.717, 1.165) is 10.5 Å². The molecule has 4 nitrogen and oxygen atoms in total. The molecule has 0 unspecified atom stereocenters. The molecule has 0 aliphatic rings. The molecule has 0 bridgehead atoms. The number of amides is 2. The molecule has 0 atom stereocenters. The first kappa shape index (κ1) is 20.0. The van der Waals surface area contributed by atoms with E-state index in [1.54, 1.807) is 36.2 Å². The molecule has 138 valence electrons. The Morgan fingerprint density at radius 3 is 2.27 bits per heavy atom. The highest BCUT2D eigenvalue weighted by Crippen LogP contribution is 2.17. The molecule has 0 saturated carbocycles. The van der Waals surface area contributed by atoms with Gasteiger partial charge < -0.3 is 10.2 Å². The van der Waals surface area contributed by atoms with Gasteiger partial charge in [-0.1, -0.05) is 12.1 Å². The molecule has 0 radical (unpaired) electrons. The van der Waals surface area contributed by atoms with Gasteiger partial charge in [0, 0.05) is 30.1 Å². The Bertz CT molecular complexity index is 745. The van der Waals surface area contributed by atoms with Crippen molar-refractivity contribution in [1.82, 2.24) is 10.2 Å². The number of carbonyl (C=O) groups is 2. The van der Waals surface area contributed by atoms with Crippen molar-refractivity contribution in [3.05, 3.63) is 65.5 Å². The molecule has 0 fully saturated rings. The lowest BCUT2D eigenvalue weighted by Gasteiger charge is -2.21. The van der Waals surface area contributed by atoms with Crippen LogP contribution in [0.2, 0.25) is 0 Å². The van der Waals surface area contributed by atoms with Crippen LogP contribution in [0.15, 0.2) is 53.4 Å². The highest BCUT2D eigenvalue weighted by molar-refractivity contribution is 8.00. The van der Waals surface area contributed by atoms with E-state index in [1.165, 1.54) is 23.9 Å². The Morgan fingerprint density at radius 1 is 1.08 bits per heavy atom. The van der Waals surface area contributed by atoms with Crippen LogP contribution in [0.3, 0.4) is 0 Å². The number of nitrogens with zero attached hydrogens (tertiary/aromatic N) is 1. The number of carbonyl (C=O) groups excluding carboxylic acids is 2. The van der Waals surface area contributed by atoms with Gasteiger partial charge in [0.1, 0.15) is 5.82 Å². The summed E-state index contributed by atoms with van der Waals surface area (Å²) < 4.78 is 12.8. The van der Waals surface area contributed by atoms with Crippen molar-refractivity contribution in [2.75, 3.05) is 12.8 Å². The Morgan fingerprint density at radius 2 is 1.69 bits per heavy atom. The Labute approximate surface area is 157 Å². The van der Waals surface area contributed by atoms with Gasteiger partial charge in [0.05, 0.1) is 5.75 Å². The third kappa shape index (κ3) is 5.88. The zero-order valence-corrected chi connectivity index (χ0v) is 16.0. The number of halogens is 1. The van der Waals surface area contributed by atoms with Gasteiger partial charge in [-0.2, -0.15) is 0 Å². The molecule has 26 heavy (non-hydrogen) atoms. The maximum absolute atomic E-state index is 12.8. The average Bonchev–Trinajstić information content (AvgIpc) is 2.65. The van der Waals surface area contributed by atoms with Gasteiger partial charge in [0.2, 0.25) is 5.91 Å². The number of hydrogen-bond acceptors (Lipinski definition) is 3. The predicted molar refractivity (Wildman–Crippen MR) is 103 cm³/mol. The van der Waals surface area contributed by atoms with E-state index in [2.05, 4.69) is 5.32 Å². The fourth-order valence-corrected chi connectivity index (χ4v) is 2.86. The molecule has 0 aliphatic carbocycles. The van der Waals surface area contributed by atoms with Crippen molar-refractivity contribution < 1.29 is 14.0 Å². The van der Waals surface area contributed by atoms with E-state index >= 15 is 0 Å². The number of thioether (sulfide) groups is 1. The second kappa shape index (κ2) is 9.38. The van der Waals surface area contributed by atoms with Gasteiger partial charge in [0.15, 0.2) is 0 Å². The molecule has 0 aromatic heterocycles. The van der Waals surface area contributed by atoms with Crippen LogP contribution in [-0.2, 0) is 11.3 Å². The molecular weight excluding hydrogens is 351 g/mol. The SMILES string of the molecule is CC(C)N(C)C(=O)c1ccc(CNC(=O)CSc2ccc(F)cc2)cc1. The summed E-state index contributed by atoms with van der Waals surface area (Å²) in [7, 11) is 1.78. The monoisotopic (exact) mass is 374 g/mol. The summed E-state index contributed by atoms with van der Waals surface area (Å²) in [5, 5.41) is 2.84. The van der Waals surface area contributed by atoms with Crippen molar-refractivity contribution in [1.29, 1.82) is 0 Å². The number of rotatable bonds is 7. The second-order valence-electron chi connectivity index (χ2n) is 6.23. The van der Waals surface area contributed by atoms with Crippen LogP contribution < -0.4 is 5.32 Å². The van der Waals surface area contributed by atoms with Crippen LogP contribution in [0.4, 0.5) is 4.39 Å². The lowest BCUT2D eigenvalue weighted by Crippen LogP contribution is -2.32. The summed E-state index contributed by atoms with van der Waals surface area (Å²) in [6, 6.07) is 13.4. The standard InChI is InChI=1S/C20H23FN2O2S/c1-14(2)23(3)20(25)16-6-4-15(5-7-16)12-22-19(24)13-26-18-10-8-17(21)9-11-18/h4-11,14H,12-13H2,1-3H3,(H,22,24). The molecule has 2 rings (SSSR count). The van der Waals surface area contributed by atoms with Crippen LogP contribution in [0.25, 0.3) is 0 Å². The lowest BCUT2D eigenvalue weighted by atomic mass is 10.1. The molecule has 6 heteroatoms. The Balaban J connectivity index is 1.80. The first-order chi connectivity index (χ1) is 12.4. The van der Waals surface area contributed by atoms with Crippen LogP contribution in [0.5, 0.6) is 0 Å². The Hall–Kier alpha value is -2.34. The van der Waals surface area contributed by atoms with Gasteiger partial charge in [-0.3, -0.25) is 9.59 Å². The first-order valence-electron chi connectivity index (χ1n) is 8.38. The third-order valence-corrected chi connectivity index (χ3v) is 4.98. The van der Waals surface area contributed by atoms with Gasteiger partial charge in [-0.05, 0) is 55.8 Å². The fraction of sp³-hybridized carbons (Fsp3) is 0.300. The van der Waals surface area contributed by atoms with Crippen LogP contribution in [-0.4, -0.2) is 35.6 Å². The zero-order valence-electron chi connectivity index (χ0n) is 15.2. The summed E-state index contributed by atoms with van der Waals surface area (Å²) in [5.74, 6) is -0.146. The summed E-state index contributed by atoms with van der Waals surface area (Å²) in [6.07, 6.45) is 0. The van der Waals surface area contributed by atoms with Gasteiger partial charge >= 0.3 is 0 Å². The first-order valence-corrected chi connectivity index (χ1v) is 9.36. The molecule has 0 spiro atoms. The summed E-state index contributed by atoms with van der Waals surface area (Å²) in [5.41, 5.74) is 1.55. The Kier molecular flexibility index (Phi) is 7.21. The molecule has 2 amide bonds. The van der Waals surface area contributed by atoms with E-state index in [4.69, 9.17) is 0 Å². The number of benzene rings is 2. The van der Waals surface area contributed by atoms with E-state index < -0.39 is 0 Å². The maximum atomic E-state index is 12.8. The quantitative estimate of drug-likeness (QED) is 0.752.